The van der Waals surface area contributed by atoms with Crippen molar-refractivity contribution in [3.05, 3.63) is 18.2 Å². The molecule has 6 nitrogen and oxygen atoms in total. The number of sulfonamides is 1. The number of hydrogen-bond donors (Lipinski definition) is 2. The highest BCUT2D eigenvalue weighted by molar-refractivity contribution is 7.89. The van der Waals surface area contributed by atoms with E-state index in [1.165, 1.54) is 23.5 Å². The van der Waals surface area contributed by atoms with Gasteiger partial charge in [0.05, 0.1) is 17.7 Å². The van der Waals surface area contributed by atoms with Crippen molar-refractivity contribution in [1.29, 1.82) is 0 Å². The third-order valence-electron chi connectivity index (χ3n) is 3.84. The van der Waals surface area contributed by atoms with E-state index in [1.807, 2.05) is 0 Å². The zero-order valence-electron chi connectivity index (χ0n) is 12.2. The quantitative estimate of drug-likeness (QED) is 0.797. The summed E-state index contributed by atoms with van der Waals surface area (Å²) in [4.78, 5) is 0.172. The van der Waals surface area contributed by atoms with Crippen LogP contribution in [-0.2, 0) is 10.0 Å². The van der Waals surface area contributed by atoms with Gasteiger partial charge >= 0.3 is 0 Å². The maximum atomic E-state index is 12.8. The number of nitrogen functional groups attached to an aromatic ring is 1. The molecule has 1 unspecified atom stereocenters. The van der Waals surface area contributed by atoms with Crippen LogP contribution in [0.3, 0.4) is 0 Å². The number of aliphatic hydroxyl groups excluding tert-OH is 1. The van der Waals surface area contributed by atoms with Gasteiger partial charge in [-0.15, -0.1) is 0 Å². The fraction of sp³-hybridized carbons (Fsp3) is 0.571. The lowest BCUT2D eigenvalue weighted by Crippen LogP contribution is -2.44. The summed E-state index contributed by atoms with van der Waals surface area (Å²) in [6, 6.07) is 4.36. The highest BCUT2D eigenvalue weighted by Gasteiger charge is 2.33. The Morgan fingerprint density at radius 3 is 2.81 bits per heavy atom. The summed E-state index contributed by atoms with van der Waals surface area (Å²) < 4.78 is 32.1. The lowest BCUT2D eigenvalue weighted by Gasteiger charge is -2.34. The smallest absolute Gasteiger partial charge is 0.243 e. The van der Waals surface area contributed by atoms with Gasteiger partial charge in [-0.05, 0) is 37.5 Å². The maximum Gasteiger partial charge on any atom is 0.243 e. The van der Waals surface area contributed by atoms with Gasteiger partial charge in [0, 0.05) is 19.2 Å². The minimum Gasteiger partial charge on any atom is -0.495 e. The standard InChI is InChI=1S/C14H22N2O4S/c1-20-14-6-5-12(10-13(14)15)21(18,19)16-8-3-2-4-11(16)7-9-17/h5-6,10-11,17H,2-4,7-9,15H2,1H3. The number of hydrogen-bond acceptors (Lipinski definition) is 5. The highest BCUT2D eigenvalue weighted by atomic mass is 32.2. The first-order valence-corrected chi connectivity index (χ1v) is 8.51. The first kappa shape index (κ1) is 16.1. The molecule has 0 amide bonds. The van der Waals surface area contributed by atoms with Crippen molar-refractivity contribution in [1.82, 2.24) is 4.31 Å². The Balaban J connectivity index is 2.33. The number of benzene rings is 1. The van der Waals surface area contributed by atoms with E-state index in [-0.39, 0.29) is 17.5 Å². The van der Waals surface area contributed by atoms with Gasteiger partial charge < -0.3 is 15.6 Å². The summed E-state index contributed by atoms with van der Waals surface area (Å²) >= 11 is 0. The van der Waals surface area contributed by atoms with Crippen molar-refractivity contribution in [3.8, 4) is 5.75 Å². The Kier molecular flexibility index (Phi) is 5.08. The molecule has 2 rings (SSSR count). The molecule has 0 aromatic heterocycles. The van der Waals surface area contributed by atoms with Gasteiger partial charge in [0.2, 0.25) is 10.0 Å². The van der Waals surface area contributed by atoms with E-state index in [0.717, 1.165) is 19.3 Å². The van der Waals surface area contributed by atoms with Crippen molar-refractivity contribution < 1.29 is 18.3 Å². The molecule has 0 radical (unpaired) electrons. The SMILES string of the molecule is COc1ccc(S(=O)(=O)N2CCCCC2CCO)cc1N. The van der Waals surface area contributed by atoms with Crippen LogP contribution in [0, 0.1) is 0 Å². The maximum absolute atomic E-state index is 12.8. The largest absolute Gasteiger partial charge is 0.495 e. The van der Waals surface area contributed by atoms with Crippen LogP contribution in [0.4, 0.5) is 5.69 Å². The van der Waals surface area contributed by atoms with E-state index in [1.54, 1.807) is 6.07 Å². The Hall–Kier alpha value is -1.31. The van der Waals surface area contributed by atoms with Gasteiger partial charge in [-0.1, -0.05) is 6.42 Å². The summed E-state index contributed by atoms with van der Waals surface area (Å²) in [6.07, 6.45) is 3.07. The average molecular weight is 314 g/mol. The van der Waals surface area contributed by atoms with Crippen LogP contribution < -0.4 is 10.5 Å². The monoisotopic (exact) mass is 314 g/mol. The summed E-state index contributed by atoms with van der Waals surface area (Å²) in [5.41, 5.74) is 6.10. The molecule has 0 bridgehead atoms. The predicted octanol–water partition coefficient (Wildman–Crippen LogP) is 1.20. The van der Waals surface area contributed by atoms with Gasteiger partial charge in [0.1, 0.15) is 5.75 Å². The number of rotatable bonds is 5. The van der Waals surface area contributed by atoms with E-state index in [4.69, 9.17) is 15.6 Å². The van der Waals surface area contributed by atoms with Crippen molar-refractivity contribution in [3.63, 3.8) is 0 Å². The molecule has 3 N–H and O–H groups in total. The van der Waals surface area contributed by atoms with E-state index < -0.39 is 10.0 Å². The molecule has 1 aromatic carbocycles. The first-order valence-electron chi connectivity index (χ1n) is 7.07. The number of ether oxygens (including phenoxy) is 1. The van der Waals surface area contributed by atoms with Gasteiger partial charge in [-0.2, -0.15) is 4.31 Å². The summed E-state index contributed by atoms with van der Waals surface area (Å²) in [5, 5.41) is 9.13. The van der Waals surface area contributed by atoms with Gasteiger partial charge in [-0.3, -0.25) is 0 Å². The molecule has 1 atom stereocenters. The zero-order chi connectivity index (χ0) is 15.5. The number of methoxy groups -OCH3 is 1. The Morgan fingerprint density at radius 1 is 1.43 bits per heavy atom. The molecule has 7 heteroatoms. The van der Waals surface area contributed by atoms with Crippen LogP contribution in [-0.4, -0.2) is 44.1 Å². The van der Waals surface area contributed by atoms with Crippen molar-refractivity contribution in [2.24, 2.45) is 0 Å². The van der Waals surface area contributed by atoms with Gasteiger partial charge in [0.25, 0.3) is 0 Å². The lowest BCUT2D eigenvalue weighted by atomic mass is 10.0. The van der Waals surface area contributed by atoms with Crippen molar-refractivity contribution in [2.75, 3.05) is 26.0 Å². The van der Waals surface area contributed by atoms with Crippen molar-refractivity contribution >= 4 is 15.7 Å². The van der Waals surface area contributed by atoms with Crippen LogP contribution in [0.5, 0.6) is 5.75 Å². The minimum absolute atomic E-state index is 0.0125. The molecule has 1 aromatic rings. The second-order valence-corrected chi connectivity index (χ2v) is 7.07. The molecular formula is C14H22N2O4S. The van der Waals surface area contributed by atoms with E-state index in [0.29, 0.717) is 24.4 Å². The van der Waals surface area contributed by atoms with Crippen LogP contribution in [0.1, 0.15) is 25.7 Å². The molecule has 1 fully saturated rings. The second kappa shape index (κ2) is 6.64. The molecule has 1 heterocycles. The fourth-order valence-corrected chi connectivity index (χ4v) is 4.50. The fourth-order valence-electron chi connectivity index (χ4n) is 2.74. The van der Waals surface area contributed by atoms with Crippen molar-refractivity contribution in [2.45, 2.75) is 36.6 Å². The highest BCUT2D eigenvalue weighted by Crippen LogP contribution is 2.30. The number of aliphatic hydroxyl groups is 1. The molecule has 1 aliphatic rings. The van der Waals surface area contributed by atoms with Crippen LogP contribution in [0.25, 0.3) is 0 Å². The van der Waals surface area contributed by atoms with Crippen LogP contribution in [0.2, 0.25) is 0 Å². The van der Waals surface area contributed by atoms with E-state index in [2.05, 4.69) is 0 Å². The average Bonchev–Trinajstić information content (AvgIpc) is 2.48. The molecule has 1 saturated heterocycles. The summed E-state index contributed by atoms with van der Waals surface area (Å²) in [6.45, 7) is 0.473. The van der Waals surface area contributed by atoms with Gasteiger partial charge in [0.15, 0.2) is 0 Å². The Labute approximate surface area is 125 Å². The van der Waals surface area contributed by atoms with Crippen LogP contribution in [0.15, 0.2) is 23.1 Å². The van der Waals surface area contributed by atoms with Crippen LogP contribution >= 0.6 is 0 Å². The molecule has 21 heavy (non-hydrogen) atoms. The van der Waals surface area contributed by atoms with E-state index in [9.17, 15) is 8.42 Å². The molecule has 0 aliphatic carbocycles. The molecule has 118 valence electrons. The number of nitrogens with zero attached hydrogens (tertiary/aromatic N) is 1. The van der Waals surface area contributed by atoms with Gasteiger partial charge in [-0.25, -0.2) is 8.42 Å². The lowest BCUT2D eigenvalue weighted by molar-refractivity contribution is 0.192. The zero-order valence-corrected chi connectivity index (χ0v) is 13.0. The minimum atomic E-state index is -3.59. The Bertz CT molecular complexity index is 587. The topological polar surface area (TPSA) is 92.9 Å². The molecular weight excluding hydrogens is 292 g/mol. The first-order chi connectivity index (χ1) is 10.0. The summed E-state index contributed by atoms with van der Waals surface area (Å²) in [7, 11) is -2.11. The third-order valence-corrected chi connectivity index (χ3v) is 5.79. The Morgan fingerprint density at radius 2 is 2.19 bits per heavy atom. The summed E-state index contributed by atoms with van der Waals surface area (Å²) in [5.74, 6) is 0.458. The molecule has 0 spiro atoms. The number of nitrogens with two attached hydrogens (primary N) is 1. The normalized spacial score (nSPS) is 20.4. The predicted molar refractivity (Wildman–Crippen MR) is 80.6 cm³/mol. The molecule has 1 aliphatic heterocycles. The molecule has 0 saturated carbocycles. The number of anilines is 1. The van der Waals surface area contributed by atoms with E-state index >= 15 is 0 Å². The number of piperidine rings is 1. The second-order valence-electron chi connectivity index (χ2n) is 5.18. The third kappa shape index (κ3) is 3.30.